The molecule has 118 valence electrons. The summed E-state index contributed by atoms with van der Waals surface area (Å²) in [7, 11) is -0.498. The van der Waals surface area contributed by atoms with Gasteiger partial charge < -0.3 is 0 Å². The number of halogens is 9. The van der Waals surface area contributed by atoms with Crippen molar-refractivity contribution in [3.8, 4) is 11.1 Å². The van der Waals surface area contributed by atoms with E-state index in [1.54, 1.807) is 0 Å². The molecule has 0 aliphatic heterocycles. The Bertz CT molecular complexity index is 675. The molecule has 0 aliphatic rings. The molecule has 22 heavy (non-hydrogen) atoms. The monoisotopic (exact) mass is 346 g/mol. The van der Waals surface area contributed by atoms with Gasteiger partial charge in [0, 0.05) is 15.4 Å². The number of hydrogen-bond donors (Lipinski definition) is 0. The second kappa shape index (κ2) is 5.34. The number of benzene rings is 2. The molecule has 0 amide bonds. The standard InChI is InChI=1S/C12H3F9Si/c13-3-1(4(14)8(18)9(19)7(3)17)2-5(15)10(20)12(22)11(21)6(2)16/h22H3. The summed E-state index contributed by atoms with van der Waals surface area (Å²) in [5, 5.41) is -1.01. The van der Waals surface area contributed by atoms with Gasteiger partial charge in [0.2, 0.25) is 5.82 Å². The topological polar surface area (TPSA) is 0 Å². The van der Waals surface area contributed by atoms with Crippen LogP contribution >= 0.6 is 0 Å². The fourth-order valence-electron chi connectivity index (χ4n) is 1.79. The van der Waals surface area contributed by atoms with Crippen molar-refractivity contribution < 1.29 is 39.5 Å². The molecule has 0 heterocycles. The highest BCUT2D eigenvalue weighted by atomic mass is 28.1. The molecule has 0 unspecified atom stereocenters. The molecule has 0 saturated heterocycles. The van der Waals surface area contributed by atoms with Crippen molar-refractivity contribution in [3.05, 3.63) is 52.4 Å². The zero-order chi connectivity index (χ0) is 16.9. The predicted molar refractivity (Wildman–Crippen MR) is 61.1 cm³/mol. The van der Waals surface area contributed by atoms with Crippen LogP contribution in [0.3, 0.4) is 0 Å². The van der Waals surface area contributed by atoms with Crippen molar-refractivity contribution in [1.82, 2.24) is 0 Å². The minimum Gasteiger partial charge on any atom is -0.204 e. The zero-order valence-corrected chi connectivity index (χ0v) is 12.4. The molecule has 0 fully saturated rings. The summed E-state index contributed by atoms with van der Waals surface area (Å²) in [6, 6.07) is 0. The van der Waals surface area contributed by atoms with Gasteiger partial charge in [0.25, 0.3) is 0 Å². The Morgan fingerprint density at radius 1 is 0.364 bits per heavy atom. The summed E-state index contributed by atoms with van der Waals surface area (Å²) in [6.45, 7) is 0. The van der Waals surface area contributed by atoms with E-state index in [1.165, 1.54) is 0 Å². The average Bonchev–Trinajstić information content (AvgIpc) is 2.50. The van der Waals surface area contributed by atoms with Gasteiger partial charge in [-0.05, 0) is 0 Å². The molecular formula is C12H3F9Si. The summed E-state index contributed by atoms with van der Waals surface area (Å²) in [4.78, 5) is 0. The lowest BCUT2D eigenvalue weighted by molar-refractivity contribution is 0.379. The van der Waals surface area contributed by atoms with Crippen LogP contribution in [0.4, 0.5) is 39.5 Å². The average molecular weight is 346 g/mol. The summed E-state index contributed by atoms with van der Waals surface area (Å²) in [5.41, 5.74) is -4.08. The Hall–Kier alpha value is -1.97. The zero-order valence-electron chi connectivity index (χ0n) is 10.4. The third-order valence-corrected chi connectivity index (χ3v) is 3.82. The molecule has 0 N–H and O–H groups in total. The second-order valence-electron chi connectivity index (χ2n) is 4.20. The van der Waals surface area contributed by atoms with Crippen LogP contribution in [0.5, 0.6) is 0 Å². The molecule has 0 atom stereocenters. The van der Waals surface area contributed by atoms with Gasteiger partial charge in [0.15, 0.2) is 46.5 Å². The lowest BCUT2D eigenvalue weighted by Gasteiger charge is -2.12. The molecular weight excluding hydrogens is 343 g/mol. The van der Waals surface area contributed by atoms with Gasteiger partial charge in [0.05, 0.1) is 11.1 Å². The van der Waals surface area contributed by atoms with Crippen molar-refractivity contribution in [3.63, 3.8) is 0 Å². The third kappa shape index (κ3) is 2.09. The fourth-order valence-corrected chi connectivity index (χ4v) is 2.22. The van der Waals surface area contributed by atoms with Crippen LogP contribution in [0.15, 0.2) is 0 Å². The van der Waals surface area contributed by atoms with Gasteiger partial charge in [-0.3, -0.25) is 0 Å². The molecule has 0 radical (unpaired) electrons. The summed E-state index contributed by atoms with van der Waals surface area (Å²) >= 11 is 0. The SMILES string of the molecule is Fc1c(F)c(F)c(-c2c(F)c(F)c([SiH3])c(F)c2F)c(F)c1F. The van der Waals surface area contributed by atoms with E-state index in [2.05, 4.69) is 0 Å². The maximum atomic E-state index is 13.7. The molecule has 2 aromatic carbocycles. The Balaban J connectivity index is 3.03. The molecule has 0 nitrogen and oxygen atoms in total. The van der Waals surface area contributed by atoms with Crippen LogP contribution in [0.25, 0.3) is 11.1 Å². The normalized spacial score (nSPS) is 11.3. The van der Waals surface area contributed by atoms with Gasteiger partial charge in [-0.2, -0.15) is 0 Å². The summed E-state index contributed by atoms with van der Waals surface area (Å²) in [6.07, 6.45) is 0. The largest absolute Gasteiger partial charge is 0.204 e. The smallest absolute Gasteiger partial charge is 0.200 e. The van der Waals surface area contributed by atoms with E-state index in [-0.39, 0.29) is 0 Å². The van der Waals surface area contributed by atoms with Gasteiger partial charge in [-0.15, -0.1) is 0 Å². The number of rotatable bonds is 1. The molecule has 2 rings (SSSR count). The van der Waals surface area contributed by atoms with E-state index < -0.39 is 78.9 Å². The first-order chi connectivity index (χ1) is 10.1. The van der Waals surface area contributed by atoms with E-state index in [1.807, 2.05) is 0 Å². The highest BCUT2D eigenvalue weighted by Crippen LogP contribution is 2.35. The highest BCUT2D eigenvalue weighted by molar-refractivity contribution is 6.32. The lowest BCUT2D eigenvalue weighted by Crippen LogP contribution is -2.20. The van der Waals surface area contributed by atoms with Crippen LogP contribution in [0, 0.1) is 52.4 Å². The van der Waals surface area contributed by atoms with E-state index >= 15 is 0 Å². The molecule has 0 aromatic heterocycles. The molecule has 0 saturated carbocycles. The molecule has 0 spiro atoms. The van der Waals surface area contributed by atoms with Gasteiger partial charge >= 0.3 is 0 Å². The number of hydrogen-bond acceptors (Lipinski definition) is 0. The lowest BCUT2D eigenvalue weighted by atomic mass is 10.0. The maximum Gasteiger partial charge on any atom is 0.200 e. The Morgan fingerprint density at radius 3 is 0.909 bits per heavy atom. The Kier molecular flexibility index (Phi) is 3.98. The first kappa shape index (κ1) is 16.4. The van der Waals surface area contributed by atoms with E-state index in [4.69, 9.17) is 0 Å². The summed E-state index contributed by atoms with van der Waals surface area (Å²) in [5.74, 6) is -21.2. The third-order valence-electron chi connectivity index (χ3n) is 2.94. The first-order valence-corrected chi connectivity index (χ1v) is 6.45. The van der Waals surface area contributed by atoms with Crippen molar-refractivity contribution >= 4 is 15.4 Å². The van der Waals surface area contributed by atoms with Gasteiger partial charge in [0.1, 0.15) is 0 Å². The van der Waals surface area contributed by atoms with Crippen molar-refractivity contribution in [2.24, 2.45) is 0 Å². The molecule has 0 bridgehead atoms. The quantitative estimate of drug-likeness (QED) is 0.322. The van der Waals surface area contributed by atoms with E-state index in [0.29, 0.717) is 0 Å². The Morgan fingerprint density at radius 2 is 0.591 bits per heavy atom. The van der Waals surface area contributed by atoms with Crippen LogP contribution in [-0.4, -0.2) is 10.2 Å². The molecule has 0 aliphatic carbocycles. The minimum absolute atomic E-state index is 0.498. The Labute approximate surface area is 119 Å². The van der Waals surface area contributed by atoms with Gasteiger partial charge in [-0.1, -0.05) is 0 Å². The van der Waals surface area contributed by atoms with E-state index in [0.717, 1.165) is 0 Å². The van der Waals surface area contributed by atoms with Gasteiger partial charge in [-0.25, -0.2) is 39.5 Å². The van der Waals surface area contributed by atoms with Crippen molar-refractivity contribution in [2.75, 3.05) is 0 Å². The maximum absolute atomic E-state index is 13.7. The van der Waals surface area contributed by atoms with Crippen molar-refractivity contribution in [2.45, 2.75) is 0 Å². The second-order valence-corrected chi connectivity index (χ2v) is 5.20. The fraction of sp³-hybridized carbons (Fsp3) is 0. The van der Waals surface area contributed by atoms with Crippen LogP contribution in [0.2, 0.25) is 0 Å². The van der Waals surface area contributed by atoms with Crippen LogP contribution in [-0.2, 0) is 0 Å². The highest BCUT2D eigenvalue weighted by Gasteiger charge is 2.33. The molecule has 10 heteroatoms. The summed E-state index contributed by atoms with van der Waals surface area (Å²) < 4.78 is 120. The van der Waals surface area contributed by atoms with Crippen molar-refractivity contribution in [1.29, 1.82) is 0 Å². The van der Waals surface area contributed by atoms with E-state index in [9.17, 15) is 39.5 Å². The van der Waals surface area contributed by atoms with Crippen LogP contribution < -0.4 is 5.19 Å². The minimum atomic E-state index is -2.58. The first-order valence-electron chi connectivity index (χ1n) is 5.45. The predicted octanol–water partition coefficient (Wildman–Crippen LogP) is 2.60. The van der Waals surface area contributed by atoms with Crippen LogP contribution in [0.1, 0.15) is 0 Å². The molecule has 2 aromatic rings.